The van der Waals surface area contributed by atoms with Crippen molar-refractivity contribution in [2.24, 2.45) is 11.7 Å². The summed E-state index contributed by atoms with van der Waals surface area (Å²) in [4.78, 5) is 2.66. The lowest BCUT2D eigenvalue weighted by atomic mass is 9.90. The Morgan fingerprint density at radius 1 is 1.33 bits per heavy atom. The van der Waals surface area contributed by atoms with Crippen LogP contribution in [-0.4, -0.2) is 33.3 Å². The maximum Gasteiger partial charge on any atom is 0.180 e. The first-order valence-electron chi connectivity index (χ1n) is 7.79. The van der Waals surface area contributed by atoms with Crippen LogP contribution in [0.1, 0.15) is 33.1 Å². The van der Waals surface area contributed by atoms with Gasteiger partial charge < -0.3 is 10.6 Å². The Balaban J connectivity index is 2.44. The fourth-order valence-electron chi connectivity index (χ4n) is 3.24. The van der Waals surface area contributed by atoms with Gasteiger partial charge in [0.05, 0.1) is 16.3 Å². The van der Waals surface area contributed by atoms with Crippen molar-refractivity contribution >= 4 is 15.5 Å². The maximum absolute atomic E-state index is 12.5. The summed E-state index contributed by atoms with van der Waals surface area (Å²) < 4.78 is 25.0. The molecule has 1 saturated heterocycles. The van der Waals surface area contributed by atoms with Crippen molar-refractivity contribution in [1.29, 1.82) is 0 Å². The van der Waals surface area contributed by atoms with Crippen molar-refractivity contribution in [2.75, 3.05) is 23.7 Å². The molecule has 2 unspecified atom stereocenters. The summed E-state index contributed by atoms with van der Waals surface area (Å²) in [6.45, 7) is 5.53. The van der Waals surface area contributed by atoms with Gasteiger partial charge in [-0.1, -0.05) is 26.0 Å². The van der Waals surface area contributed by atoms with Crippen LogP contribution in [0.3, 0.4) is 0 Å². The van der Waals surface area contributed by atoms with Gasteiger partial charge in [0.25, 0.3) is 0 Å². The molecule has 0 amide bonds. The van der Waals surface area contributed by atoms with Gasteiger partial charge in [-0.2, -0.15) is 0 Å². The maximum atomic E-state index is 12.5. The van der Waals surface area contributed by atoms with E-state index in [0.717, 1.165) is 25.1 Å². The molecule has 0 aromatic heterocycles. The van der Waals surface area contributed by atoms with E-state index in [1.54, 1.807) is 12.1 Å². The number of rotatable bonds is 5. The molecule has 1 aromatic rings. The highest BCUT2D eigenvalue weighted by Crippen LogP contribution is 2.33. The van der Waals surface area contributed by atoms with Gasteiger partial charge in [0.15, 0.2) is 9.84 Å². The van der Waals surface area contributed by atoms with E-state index in [4.69, 9.17) is 5.73 Å². The standard InChI is InChI=1S/C16H26N2O2S/c1-3-11-21(19,20)16-9-5-4-8-14(16)18-10-6-7-13(2)15(18)12-17/h4-5,8-9,13,15H,3,6-7,10-12,17H2,1-2H3. The summed E-state index contributed by atoms with van der Waals surface area (Å²) in [5.74, 6) is 0.687. The molecule has 0 saturated carbocycles. The largest absolute Gasteiger partial charge is 0.366 e. The summed E-state index contributed by atoms with van der Waals surface area (Å²) in [5, 5.41) is 0. The van der Waals surface area contributed by atoms with Crippen molar-refractivity contribution < 1.29 is 8.42 Å². The number of anilines is 1. The van der Waals surface area contributed by atoms with Gasteiger partial charge in [0, 0.05) is 19.1 Å². The number of hydrogen-bond donors (Lipinski definition) is 1. The van der Waals surface area contributed by atoms with Gasteiger partial charge in [0.1, 0.15) is 0 Å². The van der Waals surface area contributed by atoms with E-state index in [9.17, 15) is 8.42 Å². The van der Waals surface area contributed by atoms with Gasteiger partial charge in [0.2, 0.25) is 0 Å². The van der Waals surface area contributed by atoms with Crippen LogP contribution in [0.5, 0.6) is 0 Å². The molecule has 0 aliphatic carbocycles. The van der Waals surface area contributed by atoms with E-state index in [2.05, 4.69) is 11.8 Å². The van der Waals surface area contributed by atoms with Crippen LogP contribution in [0.2, 0.25) is 0 Å². The number of nitrogens with zero attached hydrogens (tertiary/aromatic N) is 1. The Labute approximate surface area is 128 Å². The van der Waals surface area contributed by atoms with Crippen LogP contribution >= 0.6 is 0 Å². The summed E-state index contributed by atoms with van der Waals surface area (Å²) in [5.41, 5.74) is 6.77. The summed E-state index contributed by atoms with van der Waals surface area (Å²) in [6.07, 6.45) is 2.87. The zero-order valence-corrected chi connectivity index (χ0v) is 13.8. The molecule has 5 heteroatoms. The minimum atomic E-state index is -3.22. The second-order valence-corrected chi connectivity index (χ2v) is 7.98. The Hall–Kier alpha value is -1.07. The molecule has 1 fully saturated rings. The Morgan fingerprint density at radius 3 is 2.71 bits per heavy atom. The molecule has 2 rings (SSSR count). The second kappa shape index (κ2) is 6.79. The van der Waals surface area contributed by atoms with Crippen LogP contribution in [0.25, 0.3) is 0 Å². The first-order valence-corrected chi connectivity index (χ1v) is 9.45. The van der Waals surface area contributed by atoms with Crippen LogP contribution in [0, 0.1) is 5.92 Å². The third-order valence-corrected chi connectivity index (χ3v) is 6.30. The zero-order valence-electron chi connectivity index (χ0n) is 13.0. The Morgan fingerprint density at radius 2 is 2.05 bits per heavy atom. The summed E-state index contributed by atoms with van der Waals surface area (Å²) in [7, 11) is -3.22. The van der Waals surface area contributed by atoms with Crippen molar-refractivity contribution in [3.8, 4) is 0 Å². The molecule has 0 spiro atoms. The summed E-state index contributed by atoms with van der Waals surface area (Å²) in [6, 6.07) is 7.58. The van der Waals surface area contributed by atoms with E-state index in [1.807, 2.05) is 19.1 Å². The van der Waals surface area contributed by atoms with E-state index in [-0.39, 0.29) is 11.8 Å². The first-order chi connectivity index (χ1) is 10.0. The molecule has 1 aliphatic rings. The van der Waals surface area contributed by atoms with E-state index < -0.39 is 9.84 Å². The Kier molecular flexibility index (Phi) is 5.27. The predicted octanol–water partition coefficient (Wildman–Crippen LogP) is 2.43. The summed E-state index contributed by atoms with van der Waals surface area (Å²) >= 11 is 0. The average Bonchev–Trinajstić information content (AvgIpc) is 2.47. The lowest BCUT2D eigenvalue weighted by Gasteiger charge is -2.41. The minimum Gasteiger partial charge on any atom is -0.366 e. The van der Waals surface area contributed by atoms with Gasteiger partial charge in [-0.25, -0.2) is 8.42 Å². The number of para-hydroxylation sites is 1. The monoisotopic (exact) mass is 310 g/mol. The molecule has 0 radical (unpaired) electrons. The molecule has 1 aromatic carbocycles. The highest BCUT2D eigenvalue weighted by atomic mass is 32.2. The predicted molar refractivity (Wildman–Crippen MR) is 87.4 cm³/mol. The number of hydrogen-bond acceptors (Lipinski definition) is 4. The number of benzene rings is 1. The van der Waals surface area contributed by atoms with Crippen LogP contribution in [0.15, 0.2) is 29.2 Å². The molecule has 4 nitrogen and oxygen atoms in total. The highest BCUT2D eigenvalue weighted by Gasteiger charge is 2.30. The third-order valence-electron chi connectivity index (χ3n) is 4.34. The normalized spacial score (nSPS) is 23.3. The van der Waals surface area contributed by atoms with E-state index in [1.165, 1.54) is 0 Å². The average molecular weight is 310 g/mol. The molecule has 2 atom stereocenters. The highest BCUT2D eigenvalue weighted by molar-refractivity contribution is 7.91. The molecule has 118 valence electrons. The molecule has 1 heterocycles. The van der Waals surface area contributed by atoms with Crippen LogP contribution in [0.4, 0.5) is 5.69 Å². The van der Waals surface area contributed by atoms with Crippen molar-refractivity contribution in [2.45, 2.75) is 44.0 Å². The smallest absolute Gasteiger partial charge is 0.180 e. The van der Waals surface area contributed by atoms with Crippen molar-refractivity contribution in [3.63, 3.8) is 0 Å². The van der Waals surface area contributed by atoms with Crippen molar-refractivity contribution in [3.05, 3.63) is 24.3 Å². The number of piperidine rings is 1. The van der Waals surface area contributed by atoms with Crippen molar-refractivity contribution in [1.82, 2.24) is 0 Å². The Bertz CT molecular complexity index is 571. The SMILES string of the molecule is CCCS(=O)(=O)c1ccccc1N1CCCC(C)C1CN. The topological polar surface area (TPSA) is 63.4 Å². The molecule has 21 heavy (non-hydrogen) atoms. The van der Waals surface area contributed by atoms with Gasteiger partial charge >= 0.3 is 0 Å². The van der Waals surface area contributed by atoms with Crippen LogP contribution < -0.4 is 10.6 Å². The molecule has 2 N–H and O–H groups in total. The van der Waals surface area contributed by atoms with E-state index in [0.29, 0.717) is 23.8 Å². The van der Waals surface area contributed by atoms with E-state index >= 15 is 0 Å². The lowest BCUT2D eigenvalue weighted by molar-refractivity contribution is 0.348. The van der Waals surface area contributed by atoms with Gasteiger partial charge in [-0.05, 0) is 37.3 Å². The molecule has 1 aliphatic heterocycles. The molecular formula is C16H26N2O2S. The number of sulfone groups is 1. The fraction of sp³-hybridized carbons (Fsp3) is 0.625. The zero-order chi connectivity index (χ0) is 15.5. The van der Waals surface area contributed by atoms with Crippen LogP contribution in [-0.2, 0) is 9.84 Å². The minimum absolute atomic E-state index is 0.195. The fourth-order valence-corrected chi connectivity index (χ4v) is 4.79. The third kappa shape index (κ3) is 3.40. The quantitative estimate of drug-likeness (QED) is 0.907. The molecule has 0 bridgehead atoms. The van der Waals surface area contributed by atoms with Gasteiger partial charge in [-0.3, -0.25) is 0 Å². The lowest BCUT2D eigenvalue weighted by Crippen LogP contribution is -2.49. The second-order valence-electron chi connectivity index (χ2n) is 5.90. The number of nitrogens with two attached hydrogens (primary N) is 1. The molecular weight excluding hydrogens is 284 g/mol. The first kappa shape index (κ1) is 16.3. The van der Waals surface area contributed by atoms with Gasteiger partial charge in [-0.15, -0.1) is 0 Å².